The molecule has 0 aromatic heterocycles. The number of nitrogens with zero attached hydrogens (tertiary/aromatic N) is 1. The van der Waals surface area contributed by atoms with E-state index in [2.05, 4.69) is 6.92 Å². The fraction of sp³-hybridized carbons (Fsp3) is 0.375. The quantitative estimate of drug-likeness (QED) is 0.812. The predicted molar refractivity (Wildman–Crippen MR) is 79.7 cm³/mol. The van der Waals surface area contributed by atoms with Gasteiger partial charge in [0.1, 0.15) is 0 Å². The molecule has 1 aromatic rings. The Bertz CT molecular complexity index is 520. The van der Waals surface area contributed by atoms with Gasteiger partial charge in [0.05, 0.1) is 0 Å². The molecule has 20 heavy (non-hydrogen) atoms. The lowest BCUT2D eigenvalue weighted by Crippen LogP contribution is -2.27. The van der Waals surface area contributed by atoms with Crippen molar-refractivity contribution in [2.45, 2.75) is 26.7 Å². The van der Waals surface area contributed by atoms with Crippen LogP contribution in [0.25, 0.3) is 6.08 Å². The van der Waals surface area contributed by atoms with Crippen LogP contribution in [0, 0.1) is 6.92 Å². The van der Waals surface area contributed by atoms with E-state index in [1.54, 1.807) is 18.0 Å². The van der Waals surface area contributed by atoms with Crippen molar-refractivity contribution in [1.82, 2.24) is 4.90 Å². The van der Waals surface area contributed by atoms with E-state index in [0.717, 1.165) is 36.6 Å². The average molecular weight is 275 g/mol. The second kappa shape index (κ2) is 7.48. The number of carbonyl (C=O) groups is 2. The molecule has 0 unspecified atom stereocenters. The highest BCUT2D eigenvalue weighted by atomic mass is 16.4. The van der Waals surface area contributed by atoms with Crippen LogP contribution < -0.4 is 0 Å². The predicted octanol–water partition coefficient (Wildman–Crippen LogP) is 2.96. The molecule has 0 bridgehead atoms. The Balaban J connectivity index is 2.95. The molecule has 4 nitrogen and oxygen atoms in total. The van der Waals surface area contributed by atoms with Gasteiger partial charge in [0, 0.05) is 25.2 Å². The van der Waals surface area contributed by atoms with Crippen molar-refractivity contribution in [2.24, 2.45) is 0 Å². The molecule has 108 valence electrons. The average Bonchev–Trinajstić information content (AvgIpc) is 2.41. The zero-order chi connectivity index (χ0) is 15.1. The molecule has 1 rings (SSSR count). The summed E-state index contributed by atoms with van der Waals surface area (Å²) in [5.41, 5.74) is 2.25. The molecule has 0 spiro atoms. The molecule has 0 saturated heterocycles. The first-order valence-electron chi connectivity index (χ1n) is 6.72. The number of benzene rings is 1. The van der Waals surface area contributed by atoms with Crippen molar-refractivity contribution in [3.63, 3.8) is 0 Å². The van der Waals surface area contributed by atoms with Crippen molar-refractivity contribution < 1.29 is 14.7 Å². The Hall–Kier alpha value is -2.10. The molecule has 1 aromatic carbocycles. The Morgan fingerprint density at radius 1 is 1.30 bits per heavy atom. The molecule has 0 aliphatic heterocycles. The first kappa shape index (κ1) is 16.0. The summed E-state index contributed by atoms with van der Waals surface area (Å²) in [4.78, 5) is 24.5. The summed E-state index contributed by atoms with van der Waals surface area (Å²) in [7, 11) is 1.78. The largest absolute Gasteiger partial charge is 0.478 e. The van der Waals surface area contributed by atoms with E-state index in [1.807, 2.05) is 19.1 Å². The molecule has 4 heteroatoms. The van der Waals surface area contributed by atoms with Crippen molar-refractivity contribution in [3.05, 3.63) is 41.0 Å². The summed E-state index contributed by atoms with van der Waals surface area (Å²) in [5.74, 6) is -1.04. The van der Waals surface area contributed by atoms with E-state index in [1.165, 1.54) is 6.08 Å². The van der Waals surface area contributed by atoms with Crippen molar-refractivity contribution >= 4 is 18.0 Å². The van der Waals surface area contributed by atoms with Crippen LogP contribution in [0.3, 0.4) is 0 Å². The number of carbonyl (C=O) groups excluding carboxylic acids is 1. The molecule has 0 saturated carbocycles. The lowest BCUT2D eigenvalue weighted by atomic mass is 10.0. The van der Waals surface area contributed by atoms with Gasteiger partial charge in [-0.15, -0.1) is 0 Å². The number of hydrogen-bond donors (Lipinski definition) is 1. The molecule has 0 fully saturated rings. The van der Waals surface area contributed by atoms with Crippen LogP contribution in [0.5, 0.6) is 0 Å². The number of rotatable bonds is 6. The third-order valence-corrected chi connectivity index (χ3v) is 2.96. The first-order valence-corrected chi connectivity index (χ1v) is 6.72. The number of aliphatic carboxylic acids is 1. The van der Waals surface area contributed by atoms with E-state index < -0.39 is 5.97 Å². The minimum atomic E-state index is -1.00. The third-order valence-electron chi connectivity index (χ3n) is 2.96. The molecule has 0 radical (unpaired) electrons. The second-order valence-corrected chi connectivity index (χ2v) is 4.88. The van der Waals surface area contributed by atoms with E-state index in [4.69, 9.17) is 5.11 Å². The highest BCUT2D eigenvalue weighted by Gasteiger charge is 2.12. The van der Waals surface area contributed by atoms with Crippen LogP contribution in [0.4, 0.5) is 0 Å². The molecule has 1 N–H and O–H groups in total. The molecular formula is C16H21NO3. The molecule has 1 amide bonds. The van der Waals surface area contributed by atoms with Crippen LogP contribution >= 0.6 is 0 Å². The Morgan fingerprint density at radius 3 is 2.60 bits per heavy atom. The standard InChI is InChI=1S/C16H21NO3/c1-4-5-8-17(3)16(20)14-10-12(2)9-13(11-14)6-7-15(18)19/h6-7,9-11H,4-5,8H2,1-3H3,(H,18,19)/b7-6+. The van der Waals surface area contributed by atoms with Gasteiger partial charge in [-0.3, -0.25) is 4.79 Å². The zero-order valence-electron chi connectivity index (χ0n) is 12.2. The van der Waals surface area contributed by atoms with Gasteiger partial charge in [-0.25, -0.2) is 4.79 Å². The Morgan fingerprint density at radius 2 is 2.00 bits per heavy atom. The molecular weight excluding hydrogens is 254 g/mol. The van der Waals surface area contributed by atoms with Gasteiger partial charge in [-0.2, -0.15) is 0 Å². The number of unbranched alkanes of at least 4 members (excludes halogenated alkanes) is 1. The van der Waals surface area contributed by atoms with Gasteiger partial charge in [0.15, 0.2) is 0 Å². The van der Waals surface area contributed by atoms with Crippen molar-refractivity contribution in [1.29, 1.82) is 0 Å². The molecule has 0 atom stereocenters. The Labute approximate surface area is 119 Å². The summed E-state index contributed by atoms with van der Waals surface area (Å²) in [6.45, 7) is 4.70. The van der Waals surface area contributed by atoms with Crippen LogP contribution in [0.2, 0.25) is 0 Å². The van der Waals surface area contributed by atoms with E-state index in [-0.39, 0.29) is 5.91 Å². The highest BCUT2D eigenvalue weighted by molar-refractivity contribution is 5.95. The zero-order valence-corrected chi connectivity index (χ0v) is 12.2. The second-order valence-electron chi connectivity index (χ2n) is 4.88. The number of hydrogen-bond acceptors (Lipinski definition) is 2. The Kier molecular flexibility index (Phi) is 5.97. The summed E-state index contributed by atoms with van der Waals surface area (Å²) in [6, 6.07) is 5.39. The van der Waals surface area contributed by atoms with Gasteiger partial charge in [0.25, 0.3) is 5.91 Å². The van der Waals surface area contributed by atoms with Gasteiger partial charge in [-0.1, -0.05) is 19.4 Å². The van der Waals surface area contributed by atoms with Gasteiger partial charge >= 0.3 is 5.97 Å². The minimum Gasteiger partial charge on any atom is -0.478 e. The van der Waals surface area contributed by atoms with Gasteiger partial charge < -0.3 is 10.0 Å². The third kappa shape index (κ3) is 4.88. The molecule has 0 aliphatic rings. The van der Waals surface area contributed by atoms with E-state index in [0.29, 0.717) is 5.56 Å². The van der Waals surface area contributed by atoms with Gasteiger partial charge in [0.2, 0.25) is 0 Å². The fourth-order valence-corrected chi connectivity index (χ4v) is 1.92. The topological polar surface area (TPSA) is 57.6 Å². The van der Waals surface area contributed by atoms with Crippen LogP contribution in [0.15, 0.2) is 24.3 Å². The highest BCUT2D eigenvalue weighted by Crippen LogP contribution is 2.13. The smallest absolute Gasteiger partial charge is 0.328 e. The SMILES string of the molecule is CCCCN(C)C(=O)c1cc(C)cc(/C=C/C(=O)O)c1. The first-order chi connectivity index (χ1) is 9.43. The van der Waals surface area contributed by atoms with Crippen LogP contribution in [-0.4, -0.2) is 35.5 Å². The number of carboxylic acids is 1. The maximum atomic E-state index is 12.3. The van der Waals surface area contributed by atoms with E-state index in [9.17, 15) is 9.59 Å². The van der Waals surface area contributed by atoms with Crippen molar-refractivity contribution in [3.8, 4) is 0 Å². The lowest BCUT2D eigenvalue weighted by molar-refractivity contribution is -0.131. The fourth-order valence-electron chi connectivity index (χ4n) is 1.92. The van der Waals surface area contributed by atoms with Crippen LogP contribution in [-0.2, 0) is 4.79 Å². The number of carboxylic acid groups (broad SMARTS) is 1. The lowest BCUT2D eigenvalue weighted by Gasteiger charge is -2.17. The molecule has 0 heterocycles. The number of amides is 1. The molecule has 0 aliphatic carbocycles. The monoisotopic (exact) mass is 275 g/mol. The van der Waals surface area contributed by atoms with Gasteiger partial charge in [-0.05, 0) is 42.7 Å². The maximum Gasteiger partial charge on any atom is 0.328 e. The van der Waals surface area contributed by atoms with Crippen LogP contribution in [0.1, 0.15) is 41.3 Å². The number of aryl methyl sites for hydroxylation is 1. The summed E-state index contributed by atoms with van der Waals surface area (Å²) in [6.07, 6.45) is 4.58. The summed E-state index contributed by atoms with van der Waals surface area (Å²) >= 11 is 0. The van der Waals surface area contributed by atoms with E-state index >= 15 is 0 Å². The summed E-state index contributed by atoms with van der Waals surface area (Å²) < 4.78 is 0. The normalized spacial score (nSPS) is 10.8. The minimum absolute atomic E-state index is 0.0351. The van der Waals surface area contributed by atoms with Crippen molar-refractivity contribution in [2.75, 3.05) is 13.6 Å². The summed E-state index contributed by atoms with van der Waals surface area (Å²) in [5, 5.41) is 8.65. The maximum absolute atomic E-state index is 12.3.